The molecule has 1 heterocycles. The van der Waals surface area contributed by atoms with Crippen molar-refractivity contribution in [1.29, 1.82) is 0 Å². The predicted octanol–water partition coefficient (Wildman–Crippen LogP) is 2.68. The van der Waals surface area contributed by atoms with Gasteiger partial charge in [-0.25, -0.2) is 4.39 Å². The van der Waals surface area contributed by atoms with Crippen LogP contribution in [-0.2, 0) is 0 Å². The highest BCUT2D eigenvalue weighted by Crippen LogP contribution is 2.24. The van der Waals surface area contributed by atoms with E-state index in [9.17, 15) is 9.18 Å². The van der Waals surface area contributed by atoms with E-state index in [1.165, 1.54) is 29.8 Å². The molecule has 0 spiro atoms. The van der Waals surface area contributed by atoms with Crippen LogP contribution in [0.4, 0.5) is 15.8 Å². The zero-order valence-corrected chi connectivity index (χ0v) is 13.1. The van der Waals surface area contributed by atoms with E-state index < -0.39 is 0 Å². The number of piperazine rings is 1. The average Bonchev–Trinajstić information content (AvgIpc) is 2.57. The van der Waals surface area contributed by atoms with Crippen LogP contribution in [-0.4, -0.2) is 37.0 Å². The molecule has 1 fully saturated rings. The Kier molecular flexibility index (Phi) is 4.19. The molecule has 0 atom stereocenters. The summed E-state index contributed by atoms with van der Waals surface area (Å²) in [4.78, 5) is 16.5. The number of halogens is 1. The normalized spacial score (nSPS) is 14.9. The standard InChI is InChI=1S/C18H20FN3O/c1-13-2-7-16(20)12-17(13)21-8-10-22(11-9-21)18(23)14-3-5-15(19)6-4-14/h2-7,12H,8-11,20H2,1H3. The van der Waals surface area contributed by atoms with Crippen molar-refractivity contribution in [1.82, 2.24) is 4.90 Å². The third kappa shape index (κ3) is 3.28. The van der Waals surface area contributed by atoms with Crippen molar-refractivity contribution >= 4 is 17.3 Å². The number of aryl methyl sites for hydroxylation is 1. The highest BCUT2D eigenvalue weighted by atomic mass is 19.1. The van der Waals surface area contributed by atoms with Gasteiger partial charge in [0.05, 0.1) is 0 Å². The summed E-state index contributed by atoms with van der Waals surface area (Å²) < 4.78 is 13.0. The van der Waals surface area contributed by atoms with E-state index in [-0.39, 0.29) is 11.7 Å². The third-order valence-corrected chi connectivity index (χ3v) is 4.23. The lowest BCUT2D eigenvalue weighted by atomic mass is 10.1. The quantitative estimate of drug-likeness (QED) is 0.867. The Labute approximate surface area is 135 Å². The van der Waals surface area contributed by atoms with Gasteiger partial charge in [-0.05, 0) is 48.9 Å². The van der Waals surface area contributed by atoms with Crippen molar-refractivity contribution in [2.75, 3.05) is 36.8 Å². The van der Waals surface area contributed by atoms with Crippen molar-refractivity contribution in [3.05, 3.63) is 59.4 Å². The van der Waals surface area contributed by atoms with Crippen LogP contribution in [0.5, 0.6) is 0 Å². The molecule has 2 N–H and O–H groups in total. The minimum Gasteiger partial charge on any atom is -0.399 e. The van der Waals surface area contributed by atoms with Gasteiger partial charge in [-0.15, -0.1) is 0 Å². The van der Waals surface area contributed by atoms with E-state index in [0.717, 1.165) is 24.5 Å². The third-order valence-electron chi connectivity index (χ3n) is 4.23. The number of hydrogen-bond donors (Lipinski definition) is 1. The smallest absolute Gasteiger partial charge is 0.253 e. The van der Waals surface area contributed by atoms with Crippen LogP contribution >= 0.6 is 0 Å². The highest BCUT2D eigenvalue weighted by molar-refractivity contribution is 5.94. The van der Waals surface area contributed by atoms with Crippen LogP contribution < -0.4 is 10.6 Å². The summed E-state index contributed by atoms with van der Waals surface area (Å²) in [5, 5.41) is 0. The van der Waals surface area contributed by atoms with Gasteiger partial charge in [-0.2, -0.15) is 0 Å². The number of nitrogen functional groups attached to an aromatic ring is 1. The number of nitrogens with two attached hydrogens (primary N) is 1. The molecule has 0 radical (unpaired) electrons. The van der Waals surface area contributed by atoms with E-state index in [1.807, 2.05) is 23.1 Å². The molecule has 1 amide bonds. The Bertz CT molecular complexity index is 707. The van der Waals surface area contributed by atoms with Crippen molar-refractivity contribution in [3.8, 4) is 0 Å². The molecule has 5 heteroatoms. The molecule has 23 heavy (non-hydrogen) atoms. The molecule has 1 aliphatic heterocycles. The zero-order valence-electron chi connectivity index (χ0n) is 13.1. The largest absolute Gasteiger partial charge is 0.399 e. The minimum atomic E-state index is -0.330. The van der Waals surface area contributed by atoms with Gasteiger partial charge in [-0.1, -0.05) is 6.07 Å². The van der Waals surface area contributed by atoms with E-state index in [2.05, 4.69) is 11.8 Å². The zero-order chi connectivity index (χ0) is 16.4. The fourth-order valence-electron chi connectivity index (χ4n) is 2.89. The van der Waals surface area contributed by atoms with Gasteiger partial charge < -0.3 is 15.5 Å². The van der Waals surface area contributed by atoms with Crippen LogP contribution in [0.1, 0.15) is 15.9 Å². The van der Waals surface area contributed by atoms with Crippen LogP contribution in [0.25, 0.3) is 0 Å². The summed E-state index contributed by atoms with van der Waals surface area (Å²) in [5.74, 6) is -0.377. The molecular weight excluding hydrogens is 293 g/mol. The molecule has 2 aromatic rings. The second-order valence-corrected chi connectivity index (χ2v) is 5.83. The highest BCUT2D eigenvalue weighted by Gasteiger charge is 2.23. The number of carbonyl (C=O) groups excluding carboxylic acids is 1. The summed E-state index contributed by atoms with van der Waals surface area (Å²) in [6.45, 7) is 4.87. The Morgan fingerprint density at radius 2 is 1.70 bits per heavy atom. The molecule has 1 aliphatic rings. The fraction of sp³-hybridized carbons (Fsp3) is 0.278. The Morgan fingerprint density at radius 1 is 1.04 bits per heavy atom. The van der Waals surface area contributed by atoms with E-state index in [0.29, 0.717) is 18.7 Å². The van der Waals surface area contributed by atoms with Gasteiger partial charge in [0.2, 0.25) is 0 Å². The molecular formula is C18H20FN3O. The van der Waals surface area contributed by atoms with Gasteiger partial charge >= 0.3 is 0 Å². The minimum absolute atomic E-state index is 0.0473. The number of amides is 1. The van der Waals surface area contributed by atoms with Crippen molar-refractivity contribution in [3.63, 3.8) is 0 Å². The van der Waals surface area contributed by atoms with E-state index >= 15 is 0 Å². The number of anilines is 2. The molecule has 0 unspecified atom stereocenters. The Morgan fingerprint density at radius 3 is 2.35 bits per heavy atom. The van der Waals surface area contributed by atoms with Gasteiger partial charge in [0.1, 0.15) is 5.82 Å². The van der Waals surface area contributed by atoms with Gasteiger partial charge in [0.25, 0.3) is 5.91 Å². The predicted molar refractivity (Wildman–Crippen MR) is 90.1 cm³/mol. The second-order valence-electron chi connectivity index (χ2n) is 5.83. The fourth-order valence-corrected chi connectivity index (χ4v) is 2.89. The lowest BCUT2D eigenvalue weighted by Crippen LogP contribution is -2.49. The maximum absolute atomic E-state index is 13.0. The molecule has 2 aromatic carbocycles. The summed E-state index contributed by atoms with van der Waals surface area (Å²) in [6.07, 6.45) is 0. The molecule has 0 aromatic heterocycles. The first-order valence-electron chi connectivity index (χ1n) is 7.70. The van der Waals surface area contributed by atoms with Crippen molar-refractivity contribution < 1.29 is 9.18 Å². The van der Waals surface area contributed by atoms with Crippen LogP contribution in [0, 0.1) is 12.7 Å². The topological polar surface area (TPSA) is 49.6 Å². The second kappa shape index (κ2) is 6.28. The molecule has 120 valence electrons. The van der Waals surface area contributed by atoms with Gasteiger partial charge in [0.15, 0.2) is 0 Å². The Balaban J connectivity index is 1.67. The number of carbonyl (C=O) groups is 1. The first kappa shape index (κ1) is 15.3. The van der Waals surface area contributed by atoms with Gasteiger partial charge in [0, 0.05) is 43.1 Å². The van der Waals surface area contributed by atoms with Crippen LogP contribution in [0.15, 0.2) is 42.5 Å². The SMILES string of the molecule is Cc1ccc(N)cc1N1CCN(C(=O)c2ccc(F)cc2)CC1. The van der Waals surface area contributed by atoms with Crippen molar-refractivity contribution in [2.24, 2.45) is 0 Å². The summed E-state index contributed by atoms with van der Waals surface area (Å²) in [6, 6.07) is 11.6. The van der Waals surface area contributed by atoms with Crippen molar-refractivity contribution in [2.45, 2.75) is 6.92 Å². The first-order valence-corrected chi connectivity index (χ1v) is 7.70. The lowest BCUT2D eigenvalue weighted by Gasteiger charge is -2.37. The van der Waals surface area contributed by atoms with E-state index in [1.54, 1.807) is 0 Å². The number of nitrogens with zero attached hydrogens (tertiary/aromatic N) is 2. The van der Waals surface area contributed by atoms with Crippen LogP contribution in [0.3, 0.4) is 0 Å². The number of benzene rings is 2. The molecule has 4 nitrogen and oxygen atoms in total. The number of hydrogen-bond acceptors (Lipinski definition) is 3. The molecule has 0 bridgehead atoms. The Hall–Kier alpha value is -2.56. The van der Waals surface area contributed by atoms with Gasteiger partial charge in [-0.3, -0.25) is 4.79 Å². The van der Waals surface area contributed by atoms with Crippen LogP contribution in [0.2, 0.25) is 0 Å². The monoisotopic (exact) mass is 313 g/mol. The average molecular weight is 313 g/mol. The maximum atomic E-state index is 13.0. The summed E-state index contributed by atoms with van der Waals surface area (Å²) in [5.41, 5.74) is 9.45. The number of rotatable bonds is 2. The summed E-state index contributed by atoms with van der Waals surface area (Å²) >= 11 is 0. The first-order chi connectivity index (χ1) is 11.0. The molecule has 3 rings (SSSR count). The lowest BCUT2D eigenvalue weighted by molar-refractivity contribution is 0.0746. The summed E-state index contributed by atoms with van der Waals surface area (Å²) in [7, 11) is 0. The van der Waals surface area contributed by atoms with E-state index in [4.69, 9.17) is 5.73 Å². The molecule has 0 saturated carbocycles. The molecule has 0 aliphatic carbocycles. The maximum Gasteiger partial charge on any atom is 0.253 e. The molecule has 1 saturated heterocycles.